The number of ether oxygens (including phenoxy) is 1. The van der Waals surface area contributed by atoms with Crippen molar-refractivity contribution in [2.75, 3.05) is 39.9 Å². The van der Waals surface area contributed by atoms with Gasteiger partial charge in [-0.2, -0.15) is 0 Å². The Hall–Kier alpha value is -1.23. The minimum absolute atomic E-state index is 0. The minimum atomic E-state index is -0.225. The topological polar surface area (TPSA) is 48.9 Å². The third-order valence-corrected chi connectivity index (χ3v) is 5.37. The van der Waals surface area contributed by atoms with Crippen LogP contribution < -0.4 is 10.6 Å². The summed E-state index contributed by atoms with van der Waals surface area (Å²) in [5, 5.41) is 8.77. The molecule has 2 heterocycles. The fraction of sp³-hybridized carbons (Fsp3) is 0.421. The monoisotopic (exact) mass is 504 g/mol. The third-order valence-electron chi connectivity index (χ3n) is 4.39. The molecule has 0 aliphatic carbocycles. The highest BCUT2D eigenvalue weighted by Gasteiger charge is 2.23. The molecule has 0 bridgehead atoms. The summed E-state index contributed by atoms with van der Waals surface area (Å²) < 4.78 is 18.8. The average molecular weight is 504 g/mol. The SMILES string of the molecule is CN=C(NCc1cccc(F)c1)NCC(c1cccs1)N1CCOCC1.I. The van der Waals surface area contributed by atoms with Crippen LogP contribution in [-0.2, 0) is 11.3 Å². The number of halogens is 2. The number of aliphatic imine (C=N–C) groups is 1. The number of rotatable bonds is 6. The van der Waals surface area contributed by atoms with E-state index >= 15 is 0 Å². The van der Waals surface area contributed by atoms with E-state index in [1.807, 2.05) is 6.07 Å². The first-order valence-corrected chi connectivity index (χ1v) is 9.68. The molecule has 5 nitrogen and oxygen atoms in total. The minimum Gasteiger partial charge on any atom is -0.379 e. The highest BCUT2D eigenvalue weighted by atomic mass is 127. The van der Waals surface area contributed by atoms with Gasteiger partial charge in [0.15, 0.2) is 5.96 Å². The van der Waals surface area contributed by atoms with Gasteiger partial charge in [-0.05, 0) is 29.1 Å². The molecule has 2 N–H and O–H groups in total. The molecule has 8 heteroatoms. The number of thiophene rings is 1. The van der Waals surface area contributed by atoms with Crippen LogP contribution >= 0.6 is 35.3 Å². The van der Waals surface area contributed by atoms with E-state index in [2.05, 4.69) is 38.0 Å². The molecule has 3 rings (SSSR count). The molecule has 148 valence electrons. The van der Waals surface area contributed by atoms with Gasteiger partial charge in [-0.1, -0.05) is 18.2 Å². The summed E-state index contributed by atoms with van der Waals surface area (Å²) in [7, 11) is 1.75. The van der Waals surface area contributed by atoms with Crippen LogP contribution in [0.4, 0.5) is 4.39 Å². The zero-order valence-corrected chi connectivity index (χ0v) is 18.5. The zero-order chi connectivity index (χ0) is 18.2. The molecule has 1 saturated heterocycles. The van der Waals surface area contributed by atoms with Crippen molar-refractivity contribution in [3.8, 4) is 0 Å². The fourth-order valence-electron chi connectivity index (χ4n) is 3.03. The van der Waals surface area contributed by atoms with Crippen molar-refractivity contribution in [1.82, 2.24) is 15.5 Å². The van der Waals surface area contributed by atoms with Gasteiger partial charge in [-0.15, -0.1) is 35.3 Å². The van der Waals surface area contributed by atoms with Gasteiger partial charge in [-0.25, -0.2) is 4.39 Å². The van der Waals surface area contributed by atoms with E-state index < -0.39 is 0 Å². The molecule has 1 aromatic heterocycles. The Balaban J connectivity index is 0.00000261. The molecule has 1 fully saturated rings. The van der Waals surface area contributed by atoms with Crippen LogP contribution in [-0.4, -0.2) is 50.8 Å². The normalized spacial score (nSPS) is 16.4. The predicted molar refractivity (Wildman–Crippen MR) is 119 cm³/mol. The number of benzene rings is 1. The van der Waals surface area contributed by atoms with Crippen LogP contribution in [0.25, 0.3) is 0 Å². The van der Waals surface area contributed by atoms with E-state index in [0.717, 1.165) is 38.4 Å². The second kappa shape index (κ2) is 11.6. The molecule has 1 aromatic carbocycles. The summed E-state index contributed by atoms with van der Waals surface area (Å²) >= 11 is 1.77. The molecule has 1 unspecified atom stereocenters. The molecule has 1 atom stereocenters. The molecule has 0 saturated carbocycles. The van der Waals surface area contributed by atoms with Crippen molar-refractivity contribution in [2.45, 2.75) is 12.6 Å². The largest absolute Gasteiger partial charge is 0.379 e. The Kier molecular flexibility index (Phi) is 9.46. The van der Waals surface area contributed by atoms with Crippen LogP contribution in [0, 0.1) is 5.82 Å². The van der Waals surface area contributed by atoms with E-state index in [0.29, 0.717) is 12.5 Å². The second-order valence-corrected chi connectivity index (χ2v) is 7.10. The van der Waals surface area contributed by atoms with Crippen LogP contribution in [0.15, 0.2) is 46.8 Å². The predicted octanol–water partition coefficient (Wildman–Crippen LogP) is 3.24. The van der Waals surface area contributed by atoms with Gasteiger partial charge in [0.05, 0.1) is 19.3 Å². The van der Waals surface area contributed by atoms with Crippen LogP contribution in [0.3, 0.4) is 0 Å². The lowest BCUT2D eigenvalue weighted by Gasteiger charge is -2.34. The second-order valence-electron chi connectivity index (χ2n) is 6.12. The smallest absolute Gasteiger partial charge is 0.191 e. The van der Waals surface area contributed by atoms with E-state index in [4.69, 9.17) is 4.74 Å². The zero-order valence-electron chi connectivity index (χ0n) is 15.4. The first kappa shape index (κ1) is 22.1. The number of hydrogen-bond donors (Lipinski definition) is 2. The van der Waals surface area contributed by atoms with Crippen molar-refractivity contribution >= 4 is 41.3 Å². The van der Waals surface area contributed by atoms with E-state index in [1.54, 1.807) is 24.5 Å². The van der Waals surface area contributed by atoms with Crippen LogP contribution in [0.2, 0.25) is 0 Å². The number of nitrogens with one attached hydrogen (secondary N) is 2. The number of morpholine rings is 1. The van der Waals surface area contributed by atoms with Gasteiger partial charge in [0.2, 0.25) is 0 Å². The Morgan fingerprint density at radius 1 is 1.26 bits per heavy atom. The molecule has 2 aromatic rings. The van der Waals surface area contributed by atoms with Crippen molar-refractivity contribution in [3.63, 3.8) is 0 Å². The summed E-state index contributed by atoms with van der Waals surface area (Å²) in [5.41, 5.74) is 0.885. The Bertz CT molecular complexity index is 707. The Morgan fingerprint density at radius 2 is 2.07 bits per heavy atom. The molecular formula is C19H26FIN4OS. The summed E-state index contributed by atoms with van der Waals surface area (Å²) in [6.07, 6.45) is 0. The lowest BCUT2D eigenvalue weighted by Crippen LogP contribution is -2.46. The number of guanidine groups is 1. The van der Waals surface area contributed by atoms with Gasteiger partial charge in [0.1, 0.15) is 5.82 Å². The third kappa shape index (κ3) is 6.70. The Labute approximate surface area is 181 Å². The first-order chi connectivity index (χ1) is 12.8. The lowest BCUT2D eigenvalue weighted by atomic mass is 10.2. The molecule has 1 aliphatic heterocycles. The summed E-state index contributed by atoms with van der Waals surface area (Å²) in [5.74, 6) is 0.487. The van der Waals surface area contributed by atoms with E-state index in [9.17, 15) is 4.39 Å². The summed E-state index contributed by atoms with van der Waals surface area (Å²) in [6, 6.07) is 11.1. The van der Waals surface area contributed by atoms with Gasteiger partial charge in [0, 0.05) is 38.1 Å². The number of nitrogens with zero attached hydrogens (tertiary/aromatic N) is 2. The first-order valence-electron chi connectivity index (χ1n) is 8.80. The van der Waals surface area contributed by atoms with Crippen LogP contribution in [0.5, 0.6) is 0 Å². The van der Waals surface area contributed by atoms with Gasteiger partial charge >= 0.3 is 0 Å². The Morgan fingerprint density at radius 3 is 2.74 bits per heavy atom. The quantitative estimate of drug-likeness (QED) is 0.361. The maximum Gasteiger partial charge on any atom is 0.191 e. The molecule has 1 aliphatic rings. The van der Waals surface area contributed by atoms with Crippen molar-refractivity contribution in [3.05, 3.63) is 58.0 Å². The highest BCUT2D eigenvalue weighted by Crippen LogP contribution is 2.25. The number of hydrogen-bond acceptors (Lipinski definition) is 4. The van der Waals surface area contributed by atoms with Crippen molar-refractivity contribution < 1.29 is 9.13 Å². The van der Waals surface area contributed by atoms with Crippen LogP contribution in [0.1, 0.15) is 16.5 Å². The van der Waals surface area contributed by atoms with Gasteiger partial charge in [0.25, 0.3) is 0 Å². The van der Waals surface area contributed by atoms with Gasteiger partial charge < -0.3 is 15.4 Å². The maximum atomic E-state index is 13.3. The molecule has 27 heavy (non-hydrogen) atoms. The lowest BCUT2D eigenvalue weighted by molar-refractivity contribution is 0.0177. The fourth-order valence-corrected chi connectivity index (χ4v) is 3.89. The van der Waals surface area contributed by atoms with E-state index in [-0.39, 0.29) is 35.8 Å². The van der Waals surface area contributed by atoms with Crippen molar-refractivity contribution in [2.24, 2.45) is 4.99 Å². The average Bonchev–Trinajstić information content (AvgIpc) is 3.20. The molecule has 0 radical (unpaired) electrons. The summed E-state index contributed by atoms with van der Waals surface area (Å²) in [6.45, 7) is 4.68. The standard InChI is InChI=1S/C19H25FN4OS.HI/c1-21-19(22-13-15-4-2-5-16(20)12-15)23-14-17(18-6-3-11-26-18)24-7-9-25-10-8-24;/h2-6,11-12,17H,7-10,13-14H2,1H3,(H2,21,22,23);1H. The highest BCUT2D eigenvalue weighted by molar-refractivity contribution is 14.0. The van der Waals surface area contributed by atoms with Crippen molar-refractivity contribution in [1.29, 1.82) is 0 Å². The van der Waals surface area contributed by atoms with E-state index in [1.165, 1.54) is 17.0 Å². The molecule has 0 spiro atoms. The summed E-state index contributed by atoms with van der Waals surface area (Å²) in [4.78, 5) is 8.06. The van der Waals surface area contributed by atoms with Gasteiger partial charge in [-0.3, -0.25) is 9.89 Å². The molecular weight excluding hydrogens is 478 g/mol. The maximum absolute atomic E-state index is 13.3. The molecule has 0 amide bonds.